The van der Waals surface area contributed by atoms with Crippen LogP contribution in [0.5, 0.6) is 5.75 Å². The first-order valence-corrected chi connectivity index (χ1v) is 9.26. The molecule has 0 radical (unpaired) electrons. The van der Waals surface area contributed by atoms with E-state index in [0.717, 1.165) is 30.0 Å². The molecule has 1 aliphatic rings. The molecule has 2 aromatic carbocycles. The Morgan fingerprint density at radius 2 is 2.07 bits per heavy atom. The standard InChI is InChI=1S/C21H20ClN3O2/c1-14-8-9-19(27-2)20-17(14)7-4-11-24(20)21(26)18-10-12-25(23-18)16-6-3-5-15(22)13-16/h3,5-6,8-10,12-13H,4,7,11H2,1-2H3. The van der Waals surface area contributed by atoms with E-state index in [0.29, 0.717) is 17.3 Å². The van der Waals surface area contributed by atoms with Gasteiger partial charge in [-0.3, -0.25) is 4.79 Å². The number of carbonyl (C=O) groups is 1. The van der Waals surface area contributed by atoms with E-state index >= 15 is 0 Å². The normalized spacial score (nSPS) is 13.4. The minimum atomic E-state index is -0.124. The highest BCUT2D eigenvalue weighted by Gasteiger charge is 2.29. The molecule has 0 spiro atoms. The predicted octanol–water partition coefficient (Wildman–Crippen LogP) is 4.44. The molecule has 4 rings (SSSR count). The molecular weight excluding hydrogens is 362 g/mol. The number of anilines is 1. The first-order chi connectivity index (χ1) is 13.1. The van der Waals surface area contributed by atoms with Crippen molar-refractivity contribution in [1.82, 2.24) is 9.78 Å². The number of methoxy groups -OCH3 is 1. The van der Waals surface area contributed by atoms with E-state index in [1.54, 1.807) is 35.0 Å². The summed E-state index contributed by atoms with van der Waals surface area (Å²) in [6.45, 7) is 2.72. The molecule has 0 saturated carbocycles. The van der Waals surface area contributed by atoms with Crippen molar-refractivity contribution in [2.45, 2.75) is 19.8 Å². The van der Waals surface area contributed by atoms with E-state index in [1.807, 2.05) is 30.3 Å². The Balaban J connectivity index is 1.71. The van der Waals surface area contributed by atoms with Gasteiger partial charge in [0.05, 0.1) is 18.5 Å². The summed E-state index contributed by atoms with van der Waals surface area (Å²) >= 11 is 6.06. The van der Waals surface area contributed by atoms with Crippen LogP contribution < -0.4 is 9.64 Å². The Hall–Kier alpha value is -2.79. The van der Waals surface area contributed by atoms with Crippen LogP contribution >= 0.6 is 11.6 Å². The molecule has 0 fully saturated rings. The Kier molecular flexibility index (Phi) is 4.62. The Morgan fingerprint density at radius 3 is 2.85 bits per heavy atom. The molecule has 27 heavy (non-hydrogen) atoms. The molecule has 3 aromatic rings. The topological polar surface area (TPSA) is 47.4 Å². The molecule has 1 aromatic heterocycles. The lowest BCUT2D eigenvalue weighted by atomic mass is 9.96. The zero-order valence-electron chi connectivity index (χ0n) is 15.3. The largest absolute Gasteiger partial charge is 0.495 e. The number of hydrogen-bond donors (Lipinski definition) is 0. The van der Waals surface area contributed by atoms with Crippen molar-refractivity contribution < 1.29 is 9.53 Å². The summed E-state index contributed by atoms with van der Waals surface area (Å²) < 4.78 is 7.20. The molecule has 0 bridgehead atoms. The quantitative estimate of drug-likeness (QED) is 0.674. The predicted molar refractivity (Wildman–Crippen MR) is 106 cm³/mol. The van der Waals surface area contributed by atoms with Crippen LogP contribution in [-0.2, 0) is 6.42 Å². The maximum atomic E-state index is 13.2. The molecule has 0 saturated heterocycles. The van der Waals surface area contributed by atoms with Gasteiger partial charge in [-0.1, -0.05) is 23.7 Å². The summed E-state index contributed by atoms with van der Waals surface area (Å²) in [5.41, 5.74) is 4.42. The van der Waals surface area contributed by atoms with Crippen LogP contribution in [0.3, 0.4) is 0 Å². The smallest absolute Gasteiger partial charge is 0.278 e. The number of fused-ring (bicyclic) bond motifs is 1. The molecule has 6 heteroatoms. The zero-order chi connectivity index (χ0) is 19.0. The highest BCUT2D eigenvalue weighted by Crippen LogP contribution is 2.38. The van der Waals surface area contributed by atoms with Gasteiger partial charge in [0, 0.05) is 17.8 Å². The van der Waals surface area contributed by atoms with Gasteiger partial charge in [0.25, 0.3) is 5.91 Å². The van der Waals surface area contributed by atoms with Crippen LogP contribution in [-0.4, -0.2) is 29.3 Å². The van der Waals surface area contributed by atoms with Crippen molar-refractivity contribution in [3.05, 3.63) is 70.5 Å². The van der Waals surface area contributed by atoms with Crippen molar-refractivity contribution in [3.8, 4) is 11.4 Å². The molecule has 0 aliphatic carbocycles. The van der Waals surface area contributed by atoms with Crippen molar-refractivity contribution in [3.63, 3.8) is 0 Å². The third kappa shape index (κ3) is 3.19. The third-order valence-corrected chi connectivity index (χ3v) is 5.14. The number of amides is 1. The van der Waals surface area contributed by atoms with E-state index in [4.69, 9.17) is 16.3 Å². The number of nitrogens with zero attached hydrogens (tertiary/aromatic N) is 3. The van der Waals surface area contributed by atoms with Gasteiger partial charge in [-0.05, 0) is 61.2 Å². The summed E-state index contributed by atoms with van der Waals surface area (Å²) in [4.78, 5) is 15.0. The maximum absolute atomic E-state index is 13.2. The van der Waals surface area contributed by atoms with Gasteiger partial charge in [0.2, 0.25) is 0 Å². The van der Waals surface area contributed by atoms with Gasteiger partial charge in [0.15, 0.2) is 5.69 Å². The molecule has 0 N–H and O–H groups in total. The summed E-state index contributed by atoms with van der Waals surface area (Å²) in [5, 5.41) is 5.10. The average Bonchev–Trinajstić information content (AvgIpc) is 3.18. The first kappa shape index (κ1) is 17.6. The van der Waals surface area contributed by atoms with E-state index in [9.17, 15) is 4.79 Å². The fourth-order valence-corrected chi connectivity index (χ4v) is 3.74. The van der Waals surface area contributed by atoms with Crippen LogP contribution in [0.15, 0.2) is 48.7 Å². The second kappa shape index (κ2) is 7.08. The fourth-order valence-electron chi connectivity index (χ4n) is 3.56. The van der Waals surface area contributed by atoms with E-state index in [-0.39, 0.29) is 5.91 Å². The van der Waals surface area contributed by atoms with Crippen LogP contribution in [0.4, 0.5) is 5.69 Å². The second-order valence-electron chi connectivity index (χ2n) is 6.60. The summed E-state index contributed by atoms with van der Waals surface area (Å²) in [7, 11) is 1.63. The number of halogens is 1. The fraction of sp³-hybridized carbons (Fsp3) is 0.238. The van der Waals surface area contributed by atoms with Crippen LogP contribution in [0.25, 0.3) is 5.69 Å². The molecular formula is C21H20ClN3O2. The van der Waals surface area contributed by atoms with E-state index in [1.165, 1.54) is 11.1 Å². The lowest BCUT2D eigenvalue weighted by molar-refractivity contribution is 0.0979. The van der Waals surface area contributed by atoms with E-state index < -0.39 is 0 Å². The lowest BCUT2D eigenvalue weighted by Crippen LogP contribution is -2.36. The number of rotatable bonds is 3. The van der Waals surface area contributed by atoms with Crippen LogP contribution in [0.1, 0.15) is 28.0 Å². The number of aromatic nitrogens is 2. The first-order valence-electron chi connectivity index (χ1n) is 8.88. The minimum Gasteiger partial charge on any atom is -0.495 e. The second-order valence-corrected chi connectivity index (χ2v) is 7.03. The van der Waals surface area contributed by atoms with Crippen molar-refractivity contribution >= 4 is 23.2 Å². The van der Waals surface area contributed by atoms with Crippen molar-refractivity contribution in [1.29, 1.82) is 0 Å². The Morgan fingerprint density at radius 1 is 1.22 bits per heavy atom. The highest BCUT2D eigenvalue weighted by molar-refractivity contribution is 6.30. The van der Waals surface area contributed by atoms with Crippen molar-refractivity contribution in [2.75, 3.05) is 18.6 Å². The molecule has 5 nitrogen and oxygen atoms in total. The Bertz CT molecular complexity index is 1010. The molecule has 0 atom stereocenters. The number of benzene rings is 2. The van der Waals surface area contributed by atoms with Gasteiger partial charge in [-0.25, -0.2) is 4.68 Å². The number of hydrogen-bond acceptors (Lipinski definition) is 3. The van der Waals surface area contributed by atoms with Crippen LogP contribution in [0, 0.1) is 6.92 Å². The van der Waals surface area contributed by atoms with E-state index in [2.05, 4.69) is 12.0 Å². The SMILES string of the molecule is COc1ccc(C)c2c1N(C(=O)c1ccn(-c3cccc(Cl)c3)n1)CCC2. The monoisotopic (exact) mass is 381 g/mol. The van der Waals surface area contributed by atoms with Crippen molar-refractivity contribution in [2.24, 2.45) is 0 Å². The van der Waals surface area contributed by atoms with Crippen LogP contribution in [0.2, 0.25) is 5.02 Å². The summed E-state index contributed by atoms with van der Waals surface area (Å²) in [6.07, 6.45) is 3.64. The zero-order valence-corrected chi connectivity index (χ0v) is 16.0. The number of ether oxygens (including phenoxy) is 1. The molecule has 1 aliphatic heterocycles. The minimum absolute atomic E-state index is 0.124. The Labute approximate surface area is 163 Å². The lowest BCUT2D eigenvalue weighted by Gasteiger charge is -2.31. The van der Waals surface area contributed by atoms with Gasteiger partial charge >= 0.3 is 0 Å². The highest BCUT2D eigenvalue weighted by atomic mass is 35.5. The van der Waals surface area contributed by atoms with Gasteiger partial charge < -0.3 is 9.64 Å². The molecule has 138 valence electrons. The maximum Gasteiger partial charge on any atom is 0.278 e. The summed E-state index contributed by atoms with van der Waals surface area (Å²) in [5.74, 6) is 0.596. The third-order valence-electron chi connectivity index (χ3n) is 4.90. The molecule has 0 unspecified atom stereocenters. The summed E-state index contributed by atoms with van der Waals surface area (Å²) in [6, 6.07) is 13.1. The van der Waals surface area contributed by atoms with Gasteiger partial charge in [0.1, 0.15) is 5.75 Å². The number of aryl methyl sites for hydroxylation is 1. The molecule has 2 heterocycles. The number of carbonyl (C=O) groups excluding carboxylic acids is 1. The average molecular weight is 382 g/mol. The van der Waals surface area contributed by atoms with Gasteiger partial charge in [-0.15, -0.1) is 0 Å². The molecule has 1 amide bonds. The van der Waals surface area contributed by atoms with Gasteiger partial charge in [-0.2, -0.15) is 5.10 Å².